The number of hydrogen-bond donors (Lipinski definition) is 2. The quantitative estimate of drug-likeness (QED) is 0.488. The molecule has 150 valence electrons. The fourth-order valence-electron chi connectivity index (χ4n) is 3.33. The third-order valence-corrected chi connectivity index (χ3v) is 6.02. The zero-order valence-corrected chi connectivity index (χ0v) is 16.7. The average molecular weight is 421 g/mol. The summed E-state index contributed by atoms with van der Waals surface area (Å²) in [6.45, 7) is 1.94. The van der Waals surface area contributed by atoms with Crippen LogP contribution in [0.3, 0.4) is 0 Å². The number of nitrogens with two attached hydrogens (primary N) is 1. The first-order valence-corrected chi connectivity index (χ1v) is 9.98. The summed E-state index contributed by atoms with van der Waals surface area (Å²) in [4.78, 5) is 18.5. The number of benzene rings is 2. The second-order valence-corrected chi connectivity index (χ2v) is 7.87. The van der Waals surface area contributed by atoms with Gasteiger partial charge in [-0.15, -0.1) is 11.3 Å². The number of nitrogens with one attached hydrogen (secondary N) is 1. The number of nitrogens with zero attached hydrogens (tertiary/aromatic N) is 1. The summed E-state index contributed by atoms with van der Waals surface area (Å²) in [5.41, 5.74) is 9.38. The Balaban J connectivity index is 1.48. The van der Waals surface area contributed by atoms with E-state index in [0.29, 0.717) is 43.5 Å². The number of fused-ring (bicyclic) bond motifs is 2. The number of nitrogen functional groups attached to an aromatic ring is 1. The predicted octanol–water partition coefficient (Wildman–Crippen LogP) is 4.97. The summed E-state index contributed by atoms with van der Waals surface area (Å²) in [5.74, 6) is 0.673. The molecule has 0 radical (unpaired) electrons. The fraction of sp³-hybridized carbons (Fsp3) is 0.0909. The molecule has 0 aliphatic carbocycles. The van der Waals surface area contributed by atoms with Crippen LogP contribution in [0.1, 0.15) is 15.2 Å². The number of hydrogen-bond acceptors (Lipinski definition) is 6. The Bertz CT molecular complexity index is 1320. The van der Waals surface area contributed by atoms with Crippen molar-refractivity contribution in [2.45, 2.75) is 6.92 Å². The van der Waals surface area contributed by atoms with Crippen molar-refractivity contribution in [3.8, 4) is 22.8 Å². The lowest BCUT2D eigenvalue weighted by Gasteiger charge is -2.07. The lowest BCUT2D eigenvalue weighted by molar-refractivity contribution is 0.103. The Morgan fingerprint density at radius 2 is 1.97 bits per heavy atom. The van der Waals surface area contributed by atoms with Gasteiger partial charge in [-0.3, -0.25) is 4.79 Å². The molecule has 2 aromatic carbocycles. The van der Waals surface area contributed by atoms with Gasteiger partial charge in [-0.25, -0.2) is 9.37 Å². The van der Waals surface area contributed by atoms with Crippen molar-refractivity contribution in [3.63, 3.8) is 0 Å². The molecule has 0 bridgehead atoms. The van der Waals surface area contributed by atoms with Crippen LogP contribution in [0.4, 0.5) is 15.8 Å². The SMILES string of the molecule is Cc1cc(F)ccc1NC(=O)c1sc2nc(-c3ccc4c(c3)OCO4)ccc2c1N. The number of amides is 1. The molecule has 0 fully saturated rings. The Hall–Kier alpha value is -3.65. The van der Waals surface area contributed by atoms with E-state index in [1.165, 1.54) is 29.5 Å². The summed E-state index contributed by atoms with van der Waals surface area (Å²) in [5, 5.41) is 3.51. The molecule has 0 unspecified atom stereocenters. The van der Waals surface area contributed by atoms with Crippen molar-refractivity contribution >= 4 is 38.8 Å². The molecule has 0 atom stereocenters. The number of aryl methyl sites for hydroxylation is 1. The van der Waals surface area contributed by atoms with Gasteiger partial charge in [0.25, 0.3) is 5.91 Å². The van der Waals surface area contributed by atoms with Crippen LogP contribution < -0.4 is 20.5 Å². The van der Waals surface area contributed by atoms with Crippen LogP contribution >= 0.6 is 11.3 Å². The summed E-state index contributed by atoms with van der Waals surface area (Å²) in [6, 6.07) is 13.5. The maximum atomic E-state index is 13.3. The van der Waals surface area contributed by atoms with E-state index in [9.17, 15) is 9.18 Å². The fourth-order valence-corrected chi connectivity index (χ4v) is 4.32. The van der Waals surface area contributed by atoms with E-state index in [4.69, 9.17) is 15.2 Å². The molecule has 5 rings (SSSR count). The predicted molar refractivity (Wildman–Crippen MR) is 115 cm³/mol. The number of halogens is 1. The number of pyridine rings is 1. The monoisotopic (exact) mass is 421 g/mol. The number of aromatic nitrogens is 1. The van der Waals surface area contributed by atoms with Gasteiger partial charge in [0, 0.05) is 16.6 Å². The molecule has 2 aromatic heterocycles. The lowest BCUT2D eigenvalue weighted by Crippen LogP contribution is -2.12. The van der Waals surface area contributed by atoms with Crippen molar-refractivity contribution in [1.82, 2.24) is 4.98 Å². The normalized spacial score (nSPS) is 12.3. The molecule has 6 nitrogen and oxygen atoms in total. The minimum absolute atomic E-state index is 0.207. The molecular weight excluding hydrogens is 405 g/mol. The van der Waals surface area contributed by atoms with Crippen LogP contribution in [0.15, 0.2) is 48.5 Å². The third kappa shape index (κ3) is 3.11. The van der Waals surface area contributed by atoms with Crippen LogP contribution in [-0.2, 0) is 0 Å². The van der Waals surface area contributed by atoms with Gasteiger partial charge in [0.15, 0.2) is 11.5 Å². The van der Waals surface area contributed by atoms with Crippen LogP contribution in [0.25, 0.3) is 21.5 Å². The largest absolute Gasteiger partial charge is 0.454 e. The van der Waals surface area contributed by atoms with E-state index >= 15 is 0 Å². The van der Waals surface area contributed by atoms with Crippen molar-refractivity contribution in [2.75, 3.05) is 17.8 Å². The van der Waals surface area contributed by atoms with Crippen molar-refractivity contribution in [3.05, 3.63) is 64.8 Å². The topological polar surface area (TPSA) is 86.5 Å². The summed E-state index contributed by atoms with van der Waals surface area (Å²) >= 11 is 1.22. The molecular formula is C22H16FN3O3S. The standard InChI is InChI=1S/C22H16FN3O3S/c1-11-8-13(23)3-5-15(11)25-21(27)20-19(24)14-4-6-16(26-22(14)30-20)12-2-7-17-18(9-12)29-10-28-17/h2-9H,10,24H2,1H3,(H,25,27). The molecule has 3 heterocycles. The second-order valence-electron chi connectivity index (χ2n) is 6.88. The zero-order valence-electron chi connectivity index (χ0n) is 15.9. The molecule has 1 aliphatic heterocycles. The highest BCUT2D eigenvalue weighted by Crippen LogP contribution is 2.38. The van der Waals surface area contributed by atoms with Crippen molar-refractivity contribution < 1.29 is 18.7 Å². The van der Waals surface area contributed by atoms with Crippen LogP contribution in [0.2, 0.25) is 0 Å². The number of rotatable bonds is 3. The third-order valence-electron chi connectivity index (χ3n) is 4.91. The Kier molecular flexibility index (Phi) is 4.29. The molecule has 0 saturated carbocycles. The molecule has 1 amide bonds. The number of carbonyl (C=O) groups is 1. The maximum absolute atomic E-state index is 13.3. The number of ether oxygens (including phenoxy) is 2. The number of anilines is 2. The second kappa shape index (κ2) is 7.00. The van der Waals surface area contributed by atoms with E-state index in [2.05, 4.69) is 10.3 Å². The molecule has 0 spiro atoms. The van der Waals surface area contributed by atoms with Gasteiger partial charge in [0.05, 0.1) is 11.4 Å². The highest BCUT2D eigenvalue weighted by Gasteiger charge is 2.19. The highest BCUT2D eigenvalue weighted by atomic mass is 32.1. The summed E-state index contributed by atoms with van der Waals surface area (Å²) < 4.78 is 24.1. The average Bonchev–Trinajstić information content (AvgIpc) is 3.33. The van der Waals surface area contributed by atoms with Gasteiger partial charge < -0.3 is 20.5 Å². The molecule has 4 aromatic rings. The van der Waals surface area contributed by atoms with E-state index in [0.717, 1.165) is 11.3 Å². The van der Waals surface area contributed by atoms with E-state index in [1.54, 1.807) is 6.92 Å². The Labute approximate surface area is 175 Å². The molecule has 1 aliphatic rings. The van der Waals surface area contributed by atoms with Crippen molar-refractivity contribution in [1.29, 1.82) is 0 Å². The van der Waals surface area contributed by atoms with Gasteiger partial charge in [-0.05, 0) is 61.0 Å². The van der Waals surface area contributed by atoms with E-state index in [1.807, 2.05) is 30.3 Å². The summed E-state index contributed by atoms with van der Waals surface area (Å²) in [7, 11) is 0. The minimum atomic E-state index is -0.355. The first kappa shape index (κ1) is 18.4. The molecule has 3 N–H and O–H groups in total. The van der Waals surface area contributed by atoms with Crippen molar-refractivity contribution in [2.24, 2.45) is 0 Å². The highest BCUT2D eigenvalue weighted by molar-refractivity contribution is 7.21. The Morgan fingerprint density at radius 1 is 1.13 bits per heavy atom. The summed E-state index contributed by atoms with van der Waals surface area (Å²) in [6.07, 6.45) is 0. The van der Waals surface area contributed by atoms with Crippen LogP contribution in [0.5, 0.6) is 11.5 Å². The number of thiophene rings is 1. The Morgan fingerprint density at radius 3 is 2.80 bits per heavy atom. The first-order chi connectivity index (χ1) is 14.5. The lowest BCUT2D eigenvalue weighted by atomic mass is 10.1. The van der Waals surface area contributed by atoms with Gasteiger partial charge in [-0.1, -0.05) is 0 Å². The number of carbonyl (C=O) groups excluding carboxylic acids is 1. The van der Waals surface area contributed by atoms with Gasteiger partial charge in [-0.2, -0.15) is 0 Å². The first-order valence-electron chi connectivity index (χ1n) is 9.16. The van der Waals surface area contributed by atoms with Gasteiger partial charge in [0.1, 0.15) is 15.5 Å². The van der Waals surface area contributed by atoms with Crippen LogP contribution in [-0.4, -0.2) is 17.7 Å². The minimum Gasteiger partial charge on any atom is -0.454 e. The van der Waals surface area contributed by atoms with E-state index < -0.39 is 0 Å². The molecule has 30 heavy (non-hydrogen) atoms. The van der Waals surface area contributed by atoms with E-state index in [-0.39, 0.29) is 18.5 Å². The smallest absolute Gasteiger partial charge is 0.267 e. The van der Waals surface area contributed by atoms with Gasteiger partial charge >= 0.3 is 0 Å². The van der Waals surface area contributed by atoms with Crippen LogP contribution in [0, 0.1) is 12.7 Å². The zero-order chi connectivity index (χ0) is 20.8. The molecule has 8 heteroatoms. The van der Waals surface area contributed by atoms with Gasteiger partial charge in [0.2, 0.25) is 6.79 Å². The maximum Gasteiger partial charge on any atom is 0.267 e. The molecule has 0 saturated heterocycles.